The summed E-state index contributed by atoms with van der Waals surface area (Å²) in [5, 5.41) is 2.97. The average molecular weight is 275 g/mol. The third kappa shape index (κ3) is 3.44. The lowest BCUT2D eigenvalue weighted by molar-refractivity contribution is 0.450. The van der Waals surface area contributed by atoms with E-state index in [4.69, 9.17) is 4.74 Å². The van der Waals surface area contributed by atoms with Crippen LogP contribution in [0, 0.1) is 12.7 Å². The number of halogens is 1. The molecular formula is C15H18FN3O. The molecule has 0 fully saturated rings. The number of nitrogens with one attached hydrogen (secondary N) is 1. The Bertz CT molecular complexity index is 602. The van der Waals surface area contributed by atoms with Crippen molar-refractivity contribution in [1.29, 1.82) is 0 Å². The van der Waals surface area contributed by atoms with Gasteiger partial charge in [0.25, 0.3) is 0 Å². The number of nitrogens with zero attached hydrogens (tertiary/aromatic N) is 2. The van der Waals surface area contributed by atoms with Crippen LogP contribution in [0.15, 0.2) is 24.3 Å². The average Bonchev–Trinajstić information content (AvgIpc) is 2.43. The van der Waals surface area contributed by atoms with Crippen molar-refractivity contribution in [1.82, 2.24) is 9.97 Å². The monoisotopic (exact) mass is 275 g/mol. The van der Waals surface area contributed by atoms with Gasteiger partial charge in [-0.1, -0.05) is 13.0 Å². The van der Waals surface area contributed by atoms with Crippen molar-refractivity contribution >= 4 is 5.82 Å². The van der Waals surface area contributed by atoms with E-state index in [0.29, 0.717) is 23.3 Å². The first kappa shape index (κ1) is 14.2. The van der Waals surface area contributed by atoms with Gasteiger partial charge in [-0.3, -0.25) is 0 Å². The number of aryl methyl sites for hydroxylation is 2. The van der Waals surface area contributed by atoms with Crippen LogP contribution in [0.4, 0.5) is 10.2 Å². The van der Waals surface area contributed by atoms with Crippen LogP contribution in [0.25, 0.3) is 0 Å². The number of aromatic nitrogens is 2. The molecule has 0 saturated carbocycles. The van der Waals surface area contributed by atoms with Crippen molar-refractivity contribution in [2.24, 2.45) is 0 Å². The molecule has 1 aromatic carbocycles. The quantitative estimate of drug-likeness (QED) is 0.903. The van der Waals surface area contributed by atoms with E-state index in [1.807, 2.05) is 6.92 Å². The van der Waals surface area contributed by atoms with Gasteiger partial charge >= 0.3 is 0 Å². The lowest BCUT2D eigenvalue weighted by Crippen LogP contribution is -2.02. The van der Waals surface area contributed by atoms with Crippen molar-refractivity contribution in [3.05, 3.63) is 41.5 Å². The van der Waals surface area contributed by atoms with Gasteiger partial charge in [0.05, 0.1) is 0 Å². The van der Waals surface area contributed by atoms with E-state index in [1.54, 1.807) is 19.2 Å². The van der Waals surface area contributed by atoms with E-state index in [2.05, 4.69) is 22.2 Å². The topological polar surface area (TPSA) is 47.0 Å². The van der Waals surface area contributed by atoms with Gasteiger partial charge in [-0.2, -0.15) is 4.98 Å². The Morgan fingerprint density at radius 2 is 2.05 bits per heavy atom. The summed E-state index contributed by atoms with van der Waals surface area (Å²) in [6.07, 6.45) is 1.72. The molecule has 0 spiro atoms. The van der Waals surface area contributed by atoms with Crippen LogP contribution in [-0.4, -0.2) is 17.0 Å². The summed E-state index contributed by atoms with van der Waals surface area (Å²) in [6.45, 7) is 3.93. The van der Waals surface area contributed by atoms with Crippen LogP contribution >= 0.6 is 0 Å². The second-order valence-electron chi connectivity index (χ2n) is 4.52. The van der Waals surface area contributed by atoms with Gasteiger partial charge in [-0.15, -0.1) is 0 Å². The Labute approximate surface area is 118 Å². The summed E-state index contributed by atoms with van der Waals surface area (Å²) < 4.78 is 19.0. The van der Waals surface area contributed by atoms with E-state index in [0.717, 1.165) is 18.4 Å². The Hall–Kier alpha value is -2.17. The molecule has 0 radical (unpaired) electrons. The molecule has 0 aliphatic heterocycles. The number of hydrogen-bond acceptors (Lipinski definition) is 4. The first-order valence-electron chi connectivity index (χ1n) is 6.62. The first-order chi connectivity index (χ1) is 9.62. The zero-order valence-electron chi connectivity index (χ0n) is 11.9. The number of benzene rings is 1. The van der Waals surface area contributed by atoms with E-state index < -0.39 is 0 Å². The highest BCUT2D eigenvalue weighted by atomic mass is 19.1. The van der Waals surface area contributed by atoms with Crippen LogP contribution < -0.4 is 10.1 Å². The summed E-state index contributed by atoms with van der Waals surface area (Å²) >= 11 is 0. The fourth-order valence-corrected chi connectivity index (χ4v) is 1.79. The highest BCUT2D eigenvalue weighted by molar-refractivity contribution is 5.41. The molecule has 20 heavy (non-hydrogen) atoms. The van der Waals surface area contributed by atoms with E-state index in [1.165, 1.54) is 12.1 Å². The van der Waals surface area contributed by atoms with Crippen LogP contribution in [0.2, 0.25) is 0 Å². The van der Waals surface area contributed by atoms with Crippen molar-refractivity contribution in [3.8, 4) is 11.6 Å². The minimum atomic E-state index is -0.331. The first-order valence-corrected chi connectivity index (χ1v) is 6.62. The summed E-state index contributed by atoms with van der Waals surface area (Å²) in [7, 11) is 1.79. The summed E-state index contributed by atoms with van der Waals surface area (Å²) in [5.41, 5.74) is 0.855. The molecule has 0 bridgehead atoms. The molecule has 4 nitrogen and oxygen atoms in total. The zero-order chi connectivity index (χ0) is 14.5. The molecule has 0 saturated heterocycles. The molecule has 106 valence electrons. The SMILES string of the molecule is CCCc1nc(NC)cc(Oc2cc(F)ccc2C)n1. The molecule has 0 aliphatic rings. The molecule has 0 amide bonds. The largest absolute Gasteiger partial charge is 0.438 e. The van der Waals surface area contributed by atoms with Gasteiger partial charge in [-0.25, -0.2) is 9.37 Å². The molecule has 1 aromatic heterocycles. The molecule has 5 heteroatoms. The highest BCUT2D eigenvalue weighted by Gasteiger charge is 2.08. The maximum absolute atomic E-state index is 13.3. The second-order valence-corrected chi connectivity index (χ2v) is 4.52. The van der Waals surface area contributed by atoms with E-state index >= 15 is 0 Å². The van der Waals surface area contributed by atoms with Crippen molar-refractivity contribution in [2.75, 3.05) is 12.4 Å². The van der Waals surface area contributed by atoms with Crippen molar-refractivity contribution in [2.45, 2.75) is 26.7 Å². The Morgan fingerprint density at radius 1 is 1.25 bits per heavy atom. The minimum Gasteiger partial charge on any atom is -0.438 e. The van der Waals surface area contributed by atoms with Gasteiger partial charge in [-0.05, 0) is 25.0 Å². The number of rotatable bonds is 5. The summed E-state index contributed by atoms with van der Waals surface area (Å²) in [4.78, 5) is 8.69. The summed E-state index contributed by atoms with van der Waals surface area (Å²) in [6, 6.07) is 6.14. The summed E-state index contributed by atoms with van der Waals surface area (Å²) in [5.74, 6) is 1.95. The third-order valence-electron chi connectivity index (χ3n) is 2.84. The lowest BCUT2D eigenvalue weighted by Gasteiger charge is -2.10. The predicted octanol–water partition coefficient (Wildman–Crippen LogP) is 3.71. The molecule has 1 heterocycles. The fraction of sp³-hybridized carbons (Fsp3) is 0.333. The fourth-order valence-electron chi connectivity index (χ4n) is 1.79. The molecule has 1 N–H and O–H groups in total. The second kappa shape index (κ2) is 6.32. The zero-order valence-corrected chi connectivity index (χ0v) is 11.9. The molecule has 2 rings (SSSR count). The maximum Gasteiger partial charge on any atom is 0.224 e. The molecular weight excluding hydrogens is 257 g/mol. The Kier molecular flexibility index (Phi) is 4.50. The maximum atomic E-state index is 13.3. The van der Waals surface area contributed by atoms with Gasteiger partial charge in [0.1, 0.15) is 23.2 Å². The van der Waals surface area contributed by atoms with E-state index in [9.17, 15) is 4.39 Å². The van der Waals surface area contributed by atoms with Gasteiger partial charge in [0, 0.05) is 25.6 Å². The smallest absolute Gasteiger partial charge is 0.224 e. The van der Waals surface area contributed by atoms with E-state index in [-0.39, 0.29) is 5.82 Å². The Balaban J connectivity index is 2.32. The lowest BCUT2D eigenvalue weighted by atomic mass is 10.2. The molecule has 2 aromatic rings. The van der Waals surface area contributed by atoms with Crippen molar-refractivity contribution < 1.29 is 9.13 Å². The normalized spacial score (nSPS) is 10.4. The van der Waals surface area contributed by atoms with Gasteiger partial charge in [0.15, 0.2) is 0 Å². The highest BCUT2D eigenvalue weighted by Crippen LogP contribution is 2.25. The minimum absolute atomic E-state index is 0.331. The number of hydrogen-bond donors (Lipinski definition) is 1. The van der Waals surface area contributed by atoms with Crippen LogP contribution in [0.3, 0.4) is 0 Å². The van der Waals surface area contributed by atoms with Crippen LogP contribution in [0.1, 0.15) is 24.7 Å². The third-order valence-corrected chi connectivity index (χ3v) is 2.84. The molecule has 0 atom stereocenters. The predicted molar refractivity (Wildman–Crippen MR) is 76.8 cm³/mol. The Morgan fingerprint density at radius 3 is 2.75 bits per heavy atom. The van der Waals surface area contributed by atoms with Crippen LogP contribution in [-0.2, 0) is 6.42 Å². The van der Waals surface area contributed by atoms with Gasteiger partial charge in [0.2, 0.25) is 5.88 Å². The standard InChI is InChI=1S/C15H18FN3O/c1-4-5-13-18-14(17-3)9-15(19-13)20-12-8-11(16)7-6-10(12)2/h6-9H,4-5H2,1-3H3,(H,17,18,19). The molecule has 0 unspecified atom stereocenters. The van der Waals surface area contributed by atoms with Crippen molar-refractivity contribution in [3.63, 3.8) is 0 Å². The van der Waals surface area contributed by atoms with Gasteiger partial charge < -0.3 is 10.1 Å². The molecule has 0 aliphatic carbocycles. The van der Waals surface area contributed by atoms with Crippen LogP contribution in [0.5, 0.6) is 11.6 Å². The number of ether oxygens (including phenoxy) is 1. The number of anilines is 1.